The van der Waals surface area contributed by atoms with Gasteiger partial charge < -0.3 is 0 Å². The highest BCUT2D eigenvalue weighted by molar-refractivity contribution is 8.17. The number of aromatic nitrogens is 1. The van der Waals surface area contributed by atoms with Crippen LogP contribution in [0.25, 0.3) is 22.0 Å². The van der Waals surface area contributed by atoms with Crippen molar-refractivity contribution in [1.82, 2.24) is 4.98 Å². The number of hydrogen-bond donors (Lipinski definition) is 0. The van der Waals surface area contributed by atoms with E-state index in [4.69, 9.17) is 34.8 Å². The van der Waals surface area contributed by atoms with Crippen molar-refractivity contribution in [1.29, 1.82) is 0 Å². The van der Waals surface area contributed by atoms with Crippen LogP contribution in [0.5, 0.6) is 0 Å². The number of carbonyl (C=O) groups excluding carboxylic acids is 1. The molecule has 0 N–H and O–H groups in total. The third kappa shape index (κ3) is 2.40. The minimum absolute atomic E-state index is 0.227. The van der Waals surface area contributed by atoms with Gasteiger partial charge in [0.05, 0.1) is 11.1 Å². The van der Waals surface area contributed by atoms with Crippen LogP contribution in [-0.2, 0) is 3.67 Å². The van der Waals surface area contributed by atoms with Crippen molar-refractivity contribution in [3.8, 4) is 11.1 Å². The predicted octanol–water partition coefficient (Wildman–Crippen LogP) is 6.17. The number of thioether (sulfide) groups is 1. The molecule has 1 aliphatic heterocycles. The van der Waals surface area contributed by atoms with E-state index >= 15 is 0 Å². The summed E-state index contributed by atoms with van der Waals surface area (Å²) in [5.74, 6) is -0.452. The minimum Gasteiger partial charge on any atom is -0.281 e. The van der Waals surface area contributed by atoms with E-state index in [0.717, 1.165) is 11.8 Å². The van der Waals surface area contributed by atoms with Gasteiger partial charge in [-0.25, -0.2) is 9.37 Å². The van der Waals surface area contributed by atoms with Crippen LogP contribution < -0.4 is 0 Å². The van der Waals surface area contributed by atoms with Gasteiger partial charge >= 0.3 is 0 Å². The molecule has 0 saturated carbocycles. The molecule has 0 bridgehead atoms. The van der Waals surface area contributed by atoms with Crippen molar-refractivity contribution < 1.29 is 9.18 Å². The number of halogens is 4. The number of nitrogens with zero attached hydrogens (tertiary/aromatic N) is 1. The van der Waals surface area contributed by atoms with Crippen molar-refractivity contribution in [2.24, 2.45) is 0 Å². The van der Waals surface area contributed by atoms with E-state index in [0.29, 0.717) is 21.5 Å². The Hall–Kier alpha value is -1.33. The van der Waals surface area contributed by atoms with Crippen LogP contribution in [0.1, 0.15) is 16.1 Å². The van der Waals surface area contributed by atoms with Crippen molar-refractivity contribution in [2.45, 2.75) is 3.67 Å². The summed E-state index contributed by atoms with van der Waals surface area (Å²) in [6, 6.07) is 11.2. The first-order valence-corrected chi connectivity index (χ1v) is 8.83. The van der Waals surface area contributed by atoms with Gasteiger partial charge in [-0.3, -0.25) is 4.79 Å². The second kappa shape index (κ2) is 5.60. The van der Waals surface area contributed by atoms with Crippen LogP contribution in [0.2, 0.25) is 5.02 Å². The molecule has 2 aromatic carbocycles. The van der Waals surface area contributed by atoms with E-state index in [1.165, 1.54) is 6.07 Å². The van der Waals surface area contributed by atoms with Crippen molar-refractivity contribution in [2.75, 3.05) is 0 Å². The van der Waals surface area contributed by atoms with Gasteiger partial charge in [0.25, 0.3) is 0 Å². The van der Waals surface area contributed by atoms with E-state index in [-0.39, 0.29) is 21.9 Å². The van der Waals surface area contributed by atoms with Crippen LogP contribution >= 0.6 is 46.6 Å². The molecule has 0 fully saturated rings. The first-order chi connectivity index (χ1) is 11.4. The van der Waals surface area contributed by atoms with Crippen LogP contribution in [-0.4, -0.2) is 10.1 Å². The van der Waals surface area contributed by atoms with Gasteiger partial charge in [-0.1, -0.05) is 53.0 Å². The molecule has 0 aliphatic carbocycles. The Labute approximate surface area is 155 Å². The summed E-state index contributed by atoms with van der Waals surface area (Å²) in [4.78, 5) is 16.9. The summed E-state index contributed by atoms with van der Waals surface area (Å²) in [7, 11) is 0. The van der Waals surface area contributed by atoms with E-state index in [1.54, 1.807) is 36.4 Å². The molecule has 0 amide bonds. The monoisotopic (exact) mass is 397 g/mol. The molecule has 4 rings (SSSR count). The van der Waals surface area contributed by atoms with Crippen LogP contribution in [0.3, 0.4) is 0 Å². The SMILES string of the molecule is O=C1SC(Cl)(Cl)c2nc3ccc(Cl)cc3c(-c3ccccc3F)c21. The molecule has 0 spiro atoms. The fraction of sp³-hybridized carbons (Fsp3) is 0.0588. The zero-order valence-corrected chi connectivity index (χ0v) is 14.9. The molecule has 7 heteroatoms. The zero-order valence-electron chi connectivity index (χ0n) is 11.8. The number of pyridine rings is 1. The van der Waals surface area contributed by atoms with Crippen LogP contribution in [0, 0.1) is 5.82 Å². The molecule has 24 heavy (non-hydrogen) atoms. The van der Waals surface area contributed by atoms with Crippen molar-refractivity contribution >= 4 is 62.6 Å². The van der Waals surface area contributed by atoms with Crippen molar-refractivity contribution in [3.05, 3.63) is 64.6 Å². The number of fused-ring (bicyclic) bond motifs is 2. The van der Waals surface area contributed by atoms with Gasteiger partial charge in [0, 0.05) is 21.5 Å². The fourth-order valence-electron chi connectivity index (χ4n) is 2.80. The Morgan fingerprint density at radius 3 is 2.58 bits per heavy atom. The third-order valence-corrected chi connectivity index (χ3v) is 5.69. The first-order valence-electron chi connectivity index (χ1n) is 6.88. The van der Waals surface area contributed by atoms with Gasteiger partial charge in [-0.15, -0.1) is 0 Å². The minimum atomic E-state index is -1.50. The quantitative estimate of drug-likeness (QED) is 0.459. The molecule has 1 aromatic heterocycles. The zero-order chi connectivity index (χ0) is 17.1. The van der Waals surface area contributed by atoms with Crippen LogP contribution in [0.4, 0.5) is 4.39 Å². The fourth-order valence-corrected chi connectivity index (χ4v) is 4.45. The Kier molecular flexibility index (Phi) is 3.77. The van der Waals surface area contributed by atoms with Gasteiger partial charge in [0.1, 0.15) is 11.5 Å². The highest BCUT2D eigenvalue weighted by atomic mass is 35.5. The lowest BCUT2D eigenvalue weighted by atomic mass is 9.94. The molecule has 0 saturated heterocycles. The predicted molar refractivity (Wildman–Crippen MR) is 97.5 cm³/mol. The van der Waals surface area contributed by atoms with Gasteiger partial charge in [0.15, 0.2) is 0 Å². The Bertz CT molecular complexity index is 1020. The molecule has 1 aliphatic rings. The van der Waals surface area contributed by atoms with Gasteiger partial charge in [-0.2, -0.15) is 0 Å². The summed E-state index contributed by atoms with van der Waals surface area (Å²) in [6.07, 6.45) is 0. The largest absolute Gasteiger partial charge is 0.281 e. The van der Waals surface area contributed by atoms with Crippen LogP contribution in [0.15, 0.2) is 42.5 Å². The lowest BCUT2D eigenvalue weighted by Crippen LogP contribution is -2.06. The average Bonchev–Trinajstić information content (AvgIpc) is 2.75. The number of alkyl halides is 2. The molecular formula is C17H7Cl3FNOS. The topological polar surface area (TPSA) is 30.0 Å². The Morgan fingerprint density at radius 2 is 1.83 bits per heavy atom. The maximum absolute atomic E-state index is 14.5. The van der Waals surface area contributed by atoms with Crippen molar-refractivity contribution in [3.63, 3.8) is 0 Å². The van der Waals surface area contributed by atoms with E-state index in [2.05, 4.69) is 4.98 Å². The average molecular weight is 399 g/mol. The molecule has 0 atom stereocenters. The molecule has 120 valence electrons. The number of hydrogen-bond acceptors (Lipinski definition) is 3. The first kappa shape index (κ1) is 16.2. The Morgan fingerprint density at radius 1 is 1.08 bits per heavy atom. The second-order valence-corrected chi connectivity index (χ2v) is 8.66. The molecule has 3 aromatic rings. The maximum atomic E-state index is 14.5. The highest BCUT2D eigenvalue weighted by Crippen LogP contribution is 2.55. The third-order valence-electron chi connectivity index (χ3n) is 3.79. The second-order valence-electron chi connectivity index (χ2n) is 5.26. The number of rotatable bonds is 1. The normalized spacial score (nSPS) is 15.8. The summed E-state index contributed by atoms with van der Waals surface area (Å²) >= 11 is 19.4. The van der Waals surface area contributed by atoms with E-state index in [9.17, 15) is 9.18 Å². The summed E-state index contributed by atoms with van der Waals surface area (Å²) in [6.45, 7) is 0. The molecular weight excluding hydrogens is 392 g/mol. The smallest absolute Gasteiger partial charge is 0.225 e. The summed E-state index contributed by atoms with van der Waals surface area (Å²) < 4.78 is 13.0. The lowest BCUT2D eigenvalue weighted by Gasteiger charge is -2.15. The molecule has 2 nitrogen and oxygen atoms in total. The molecule has 2 heterocycles. The van der Waals surface area contributed by atoms with Gasteiger partial charge in [-0.05, 0) is 36.0 Å². The number of carbonyl (C=O) groups is 1. The standard InChI is InChI=1S/C17H7Cl3FNOS/c18-8-5-6-12-10(7-8)13(9-3-1-2-4-11(9)21)14-15(22-12)17(19,20)24-16(14)23/h1-7H. The van der Waals surface area contributed by atoms with Gasteiger partial charge in [0.2, 0.25) is 8.78 Å². The van der Waals surface area contributed by atoms with E-state index in [1.807, 2.05) is 0 Å². The lowest BCUT2D eigenvalue weighted by molar-refractivity contribution is 0.109. The Balaban J connectivity index is 2.22. The molecule has 0 radical (unpaired) electrons. The highest BCUT2D eigenvalue weighted by Gasteiger charge is 2.45. The summed E-state index contributed by atoms with van der Waals surface area (Å²) in [5.41, 5.74) is 1.69. The maximum Gasteiger partial charge on any atom is 0.225 e. The van der Waals surface area contributed by atoms with E-state index < -0.39 is 9.48 Å². The molecule has 0 unspecified atom stereocenters. The summed E-state index contributed by atoms with van der Waals surface area (Å²) in [5, 5.41) is 0.692. The number of benzene rings is 2.